The fourth-order valence-electron chi connectivity index (χ4n) is 3.92. The van der Waals surface area contributed by atoms with Crippen molar-refractivity contribution >= 4 is 11.8 Å². The molecule has 3 aliphatic rings. The van der Waals surface area contributed by atoms with Gasteiger partial charge < -0.3 is 19.6 Å². The van der Waals surface area contributed by atoms with Crippen LogP contribution in [0.5, 0.6) is 5.88 Å². The number of carbonyl (C=O) groups excluding carboxylic acids is 1. The van der Waals surface area contributed by atoms with Crippen molar-refractivity contribution in [1.29, 1.82) is 0 Å². The van der Waals surface area contributed by atoms with Crippen molar-refractivity contribution in [2.24, 2.45) is 4.99 Å². The molecule has 2 unspecified atom stereocenters. The number of nitrogens with one attached hydrogen (secondary N) is 1. The molecular weight excluding hydrogens is 372 g/mol. The summed E-state index contributed by atoms with van der Waals surface area (Å²) < 4.78 is 11.7. The van der Waals surface area contributed by atoms with Gasteiger partial charge in [-0.2, -0.15) is 0 Å². The highest BCUT2D eigenvalue weighted by Crippen LogP contribution is 2.43. The highest BCUT2D eigenvalue weighted by atomic mass is 16.7. The van der Waals surface area contributed by atoms with Crippen LogP contribution >= 0.6 is 0 Å². The Hall–Kier alpha value is -2.19. The number of nitrogens with zero attached hydrogens (tertiary/aromatic N) is 3. The molecule has 1 saturated heterocycles. The molecule has 2 atom stereocenters. The molecule has 8 heteroatoms. The zero-order chi connectivity index (χ0) is 20.6. The monoisotopic (exact) mass is 402 g/mol. The summed E-state index contributed by atoms with van der Waals surface area (Å²) in [6.45, 7) is 6.90. The predicted molar refractivity (Wildman–Crippen MR) is 108 cm³/mol. The topological polar surface area (TPSA) is 85.3 Å². The van der Waals surface area contributed by atoms with E-state index in [2.05, 4.69) is 15.3 Å². The van der Waals surface area contributed by atoms with Gasteiger partial charge in [0.05, 0.1) is 11.6 Å². The fraction of sp³-hybridized carbons (Fsp3) is 0.667. The minimum Gasteiger partial charge on any atom is -0.475 e. The summed E-state index contributed by atoms with van der Waals surface area (Å²) >= 11 is 0. The number of likely N-dealkylation sites (N-methyl/N-ethyl adjacent to an activating group) is 1. The van der Waals surface area contributed by atoms with Gasteiger partial charge in [-0.15, -0.1) is 5.06 Å². The lowest BCUT2D eigenvalue weighted by Crippen LogP contribution is -2.55. The average molecular weight is 402 g/mol. The predicted octanol–water partition coefficient (Wildman–Crippen LogP) is 2.65. The smallest absolute Gasteiger partial charge is 0.270 e. The number of hydrogen-bond donors (Lipinski definition) is 1. The summed E-state index contributed by atoms with van der Waals surface area (Å²) in [6.07, 6.45) is 4.15. The van der Waals surface area contributed by atoms with Crippen molar-refractivity contribution in [3.05, 3.63) is 23.4 Å². The average Bonchev–Trinajstić information content (AvgIpc) is 3.26. The van der Waals surface area contributed by atoms with E-state index in [9.17, 15) is 4.79 Å². The molecule has 4 rings (SSSR count). The van der Waals surface area contributed by atoms with E-state index in [0.29, 0.717) is 30.0 Å². The highest BCUT2D eigenvalue weighted by Gasteiger charge is 2.39. The lowest BCUT2D eigenvalue weighted by molar-refractivity contribution is -0.0781. The Labute approximate surface area is 171 Å². The molecule has 158 valence electrons. The number of aliphatic imine (C=N–C) groups is 1. The van der Waals surface area contributed by atoms with E-state index >= 15 is 0 Å². The second-order valence-corrected chi connectivity index (χ2v) is 8.65. The first-order valence-corrected chi connectivity index (χ1v) is 10.4. The fourth-order valence-corrected chi connectivity index (χ4v) is 3.92. The standard InChI is InChI=1S/C21H30N4O4/c1-13-22-20(25(4)29-13)21(2,3)24-18(26)17-10-9-16(14-7-8-14)19(23-17)28-12-15-6-5-11-27-15/h9-10,14-15,20H,5-8,11-12H2,1-4H3,(H,24,26). The Morgan fingerprint density at radius 1 is 1.34 bits per heavy atom. The Bertz CT molecular complexity index is 800. The number of ether oxygens (including phenoxy) is 2. The normalized spacial score (nSPS) is 24.9. The summed E-state index contributed by atoms with van der Waals surface area (Å²) in [5.74, 6) is 1.37. The molecule has 3 heterocycles. The maximum atomic E-state index is 13.0. The maximum Gasteiger partial charge on any atom is 0.270 e. The van der Waals surface area contributed by atoms with Crippen LogP contribution < -0.4 is 10.1 Å². The summed E-state index contributed by atoms with van der Waals surface area (Å²) in [5.41, 5.74) is 0.786. The van der Waals surface area contributed by atoms with Crippen LogP contribution in [-0.4, -0.2) is 59.9 Å². The molecule has 0 bridgehead atoms. The van der Waals surface area contributed by atoms with Crippen LogP contribution in [0.3, 0.4) is 0 Å². The Morgan fingerprint density at radius 3 is 2.76 bits per heavy atom. The molecule has 1 N–H and O–H groups in total. The number of aromatic nitrogens is 1. The molecule has 0 aromatic carbocycles. The van der Waals surface area contributed by atoms with Crippen molar-refractivity contribution in [2.75, 3.05) is 20.3 Å². The SMILES string of the molecule is CC1=NC(C(C)(C)NC(=O)c2ccc(C3CC3)c(OCC3CCCO3)n2)N(C)O1. The molecule has 1 aromatic heterocycles. The summed E-state index contributed by atoms with van der Waals surface area (Å²) in [7, 11) is 1.80. The quantitative estimate of drug-likeness (QED) is 0.755. The van der Waals surface area contributed by atoms with Gasteiger partial charge in [0.1, 0.15) is 12.3 Å². The molecule has 1 saturated carbocycles. The van der Waals surface area contributed by atoms with Gasteiger partial charge in [0, 0.05) is 26.1 Å². The Morgan fingerprint density at radius 2 is 2.14 bits per heavy atom. The molecule has 8 nitrogen and oxygen atoms in total. The summed E-state index contributed by atoms with van der Waals surface area (Å²) in [4.78, 5) is 27.5. The minimum atomic E-state index is -0.640. The van der Waals surface area contributed by atoms with Gasteiger partial charge in [0.15, 0.2) is 6.17 Å². The Balaban J connectivity index is 1.48. The molecular formula is C21H30N4O4. The first-order valence-electron chi connectivity index (χ1n) is 10.4. The van der Waals surface area contributed by atoms with E-state index in [0.717, 1.165) is 37.9 Å². The van der Waals surface area contributed by atoms with E-state index in [1.165, 1.54) is 0 Å². The number of carbonyl (C=O) groups is 1. The molecule has 29 heavy (non-hydrogen) atoms. The van der Waals surface area contributed by atoms with Gasteiger partial charge >= 0.3 is 0 Å². The zero-order valence-electron chi connectivity index (χ0n) is 17.6. The summed E-state index contributed by atoms with van der Waals surface area (Å²) in [6, 6.07) is 3.76. The minimum absolute atomic E-state index is 0.110. The van der Waals surface area contributed by atoms with E-state index in [4.69, 9.17) is 14.3 Å². The lowest BCUT2D eigenvalue weighted by atomic mass is 10.0. The van der Waals surface area contributed by atoms with Gasteiger partial charge in [0.25, 0.3) is 5.91 Å². The van der Waals surface area contributed by atoms with Gasteiger partial charge in [-0.05, 0) is 51.5 Å². The van der Waals surface area contributed by atoms with E-state index in [1.54, 1.807) is 25.1 Å². The van der Waals surface area contributed by atoms with Crippen LogP contribution in [0, 0.1) is 0 Å². The third-order valence-electron chi connectivity index (χ3n) is 5.58. The number of hydrogen-bond acceptors (Lipinski definition) is 7. The largest absolute Gasteiger partial charge is 0.475 e. The number of pyridine rings is 1. The van der Waals surface area contributed by atoms with Crippen LogP contribution in [0.1, 0.15) is 68.4 Å². The first kappa shape index (κ1) is 20.1. The van der Waals surface area contributed by atoms with Crippen LogP contribution in [0.2, 0.25) is 0 Å². The number of hydroxylamine groups is 2. The van der Waals surface area contributed by atoms with Gasteiger partial charge in [-0.25, -0.2) is 9.98 Å². The molecule has 1 amide bonds. The van der Waals surface area contributed by atoms with E-state index in [1.807, 2.05) is 19.9 Å². The molecule has 2 fully saturated rings. The maximum absolute atomic E-state index is 13.0. The lowest BCUT2D eigenvalue weighted by Gasteiger charge is -2.33. The number of rotatable bonds is 7. The second-order valence-electron chi connectivity index (χ2n) is 8.65. The van der Waals surface area contributed by atoms with Gasteiger partial charge in [-0.3, -0.25) is 4.79 Å². The van der Waals surface area contributed by atoms with Crippen molar-refractivity contribution in [2.45, 2.75) is 70.2 Å². The Kier molecular flexibility index (Phi) is 5.48. The van der Waals surface area contributed by atoms with Gasteiger partial charge in [-0.1, -0.05) is 6.07 Å². The van der Waals surface area contributed by atoms with Crippen molar-refractivity contribution in [1.82, 2.24) is 15.4 Å². The van der Waals surface area contributed by atoms with Crippen molar-refractivity contribution < 1.29 is 19.1 Å². The molecule has 1 aliphatic carbocycles. The van der Waals surface area contributed by atoms with Crippen LogP contribution in [0.15, 0.2) is 17.1 Å². The molecule has 0 radical (unpaired) electrons. The third kappa shape index (κ3) is 4.53. The van der Waals surface area contributed by atoms with Crippen LogP contribution in [-0.2, 0) is 9.57 Å². The number of amides is 1. The second kappa shape index (κ2) is 7.91. The highest BCUT2D eigenvalue weighted by molar-refractivity contribution is 5.93. The van der Waals surface area contributed by atoms with Crippen LogP contribution in [0.25, 0.3) is 0 Å². The van der Waals surface area contributed by atoms with E-state index < -0.39 is 5.54 Å². The van der Waals surface area contributed by atoms with Crippen molar-refractivity contribution in [3.8, 4) is 5.88 Å². The van der Waals surface area contributed by atoms with Gasteiger partial charge in [0.2, 0.25) is 11.8 Å². The first-order chi connectivity index (χ1) is 13.8. The van der Waals surface area contributed by atoms with E-state index in [-0.39, 0.29) is 18.2 Å². The summed E-state index contributed by atoms with van der Waals surface area (Å²) in [5, 5.41) is 4.69. The van der Waals surface area contributed by atoms with Crippen molar-refractivity contribution in [3.63, 3.8) is 0 Å². The van der Waals surface area contributed by atoms with Crippen LogP contribution in [0.4, 0.5) is 0 Å². The zero-order valence-corrected chi connectivity index (χ0v) is 17.6. The molecule has 0 spiro atoms. The molecule has 1 aromatic rings. The molecule has 2 aliphatic heterocycles. The third-order valence-corrected chi connectivity index (χ3v) is 5.58.